The van der Waals surface area contributed by atoms with Gasteiger partial charge in [0.2, 0.25) is 0 Å². The molecule has 4 nitrogen and oxygen atoms in total. The van der Waals surface area contributed by atoms with Gasteiger partial charge in [-0.15, -0.1) is 10.2 Å². The van der Waals surface area contributed by atoms with E-state index in [9.17, 15) is 0 Å². The number of hydrogen-bond acceptors (Lipinski definition) is 4. The molecule has 0 amide bonds. The second kappa shape index (κ2) is 4.43. The van der Waals surface area contributed by atoms with Gasteiger partial charge in [0.1, 0.15) is 0 Å². The Labute approximate surface area is 104 Å². The molecular weight excluding hydrogens is 224 g/mol. The molecule has 0 bridgehead atoms. The third kappa shape index (κ3) is 1.89. The van der Waals surface area contributed by atoms with E-state index >= 15 is 0 Å². The molecule has 1 heterocycles. The van der Waals surface area contributed by atoms with Gasteiger partial charge < -0.3 is 5.43 Å². The third-order valence-corrected chi connectivity index (χ3v) is 2.86. The quantitative estimate of drug-likeness (QED) is 0.530. The zero-order chi connectivity index (χ0) is 12.4. The number of hydrogen-bond donors (Lipinski definition) is 2. The van der Waals surface area contributed by atoms with E-state index in [1.54, 1.807) is 6.07 Å². The third-order valence-electron chi connectivity index (χ3n) is 2.86. The zero-order valence-corrected chi connectivity index (χ0v) is 9.67. The van der Waals surface area contributed by atoms with E-state index in [1.165, 1.54) is 10.8 Å². The van der Waals surface area contributed by atoms with Crippen LogP contribution in [0.3, 0.4) is 0 Å². The summed E-state index contributed by atoms with van der Waals surface area (Å²) in [6.07, 6.45) is 0. The average Bonchev–Trinajstić information content (AvgIpc) is 2.47. The smallest absolute Gasteiger partial charge is 0.162 e. The summed E-state index contributed by atoms with van der Waals surface area (Å²) in [5, 5.41) is 10.5. The van der Waals surface area contributed by atoms with Gasteiger partial charge in [-0.05, 0) is 29.0 Å². The summed E-state index contributed by atoms with van der Waals surface area (Å²) in [4.78, 5) is 0. The Morgan fingerprint density at radius 1 is 0.833 bits per heavy atom. The molecule has 0 saturated heterocycles. The molecule has 0 atom stereocenters. The summed E-state index contributed by atoms with van der Waals surface area (Å²) in [5.74, 6) is 5.82. The van der Waals surface area contributed by atoms with Crippen LogP contribution in [0.4, 0.5) is 5.82 Å². The van der Waals surface area contributed by atoms with Crippen LogP contribution >= 0.6 is 0 Å². The van der Waals surface area contributed by atoms with Crippen molar-refractivity contribution in [2.45, 2.75) is 0 Å². The predicted octanol–water partition coefficient (Wildman–Crippen LogP) is 2.58. The molecule has 88 valence electrons. The van der Waals surface area contributed by atoms with Crippen molar-refractivity contribution in [1.82, 2.24) is 10.2 Å². The van der Waals surface area contributed by atoms with Gasteiger partial charge in [0.25, 0.3) is 0 Å². The molecule has 0 unspecified atom stereocenters. The number of nitrogens with zero attached hydrogens (tertiary/aromatic N) is 2. The summed E-state index contributed by atoms with van der Waals surface area (Å²) in [5.41, 5.74) is 4.34. The fourth-order valence-electron chi connectivity index (χ4n) is 1.91. The fraction of sp³-hybridized carbons (Fsp3) is 0. The molecule has 0 aliphatic carbocycles. The van der Waals surface area contributed by atoms with Crippen molar-refractivity contribution in [3.05, 3.63) is 54.6 Å². The summed E-state index contributed by atoms with van der Waals surface area (Å²) >= 11 is 0. The number of nitrogen functional groups attached to an aromatic ring is 1. The number of fused-ring (bicyclic) bond motifs is 1. The van der Waals surface area contributed by atoms with Crippen molar-refractivity contribution in [2.75, 3.05) is 5.43 Å². The van der Waals surface area contributed by atoms with E-state index in [0.29, 0.717) is 5.82 Å². The first kappa shape index (κ1) is 10.7. The van der Waals surface area contributed by atoms with Gasteiger partial charge in [0, 0.05) is 5.56 Å². The van der Waals surface area contributed by atoms with Crippen LogP contribution in [0.15, 0.2) is 54.6 Å². The number of hydrazine groups is 1. The Morgan fingerprint density at radius 3 is 2.39 bits per heavy atom. The number of nitrogens with two attached hydrogens (primary N) is 1. The molecule has 4 heteroatoms. The van der Waals surface area contributed by atoms with Gasteiger partial charge >= 0.3 is 0 Å². The van der Waals surface area contributed by atoms with Crippen molar-refractivity contribution in [1.29, 1.82) is 0 Å². The van der Waals surface area contributed by atoms with Crippen LogP contribution in [0, 0.1) is 0 Å². The second-order valence-corrected chi connectivity index (χ2v) is 4.01. The molecule has 0 fully saturated rings. The molecule has 0 spiro atoms. The van der Waals surface area contributed by atoms with Crippen LogP contribution in [0.1, 0.15) is 0 Å². The normalized spacial score (nSPS) is 10.5. The van der Waals surface area contributed by atoms with Gasteiger partial charge in [-0.3, -0.25) is 0 Å². The molecule has 0 aliphatic heterocycles. The van der Waals surface area contributed by atoms with E-state index in [0.717, 1.165) is 11.3 Å². The minimum absolute atomic E-state index is 0.555. The van der Waals surface area contributed by atoms with Crippen LogP contribution in [0.2, 0.25) is 0 Å². The molecule has 3 rings (SSSR count). The Bertz CT molecular complexity index is 677. The van der Waals surface area contributed by atoms with Crippen LogP contribution in [0.25, 0.3) is 22.0 Å². The highest BCUT2D eigenvalue weighted by Gasteiger charge is 2.01. The largest absolute Gasteiger partial charge is 0.307 e. The van der Waals surface area contributed by atoms with Crippen molar-refractivity contribution >= 4 is 16.6 Å². The molecule has 3 aromatic rings. The molecule has 0 saturated carbocycles. The Kier molecular flexibility index (Phi) is 2.63. The Balaban J connectivity index is 2.07. The van der Waals surface area contributed by atoms with Gasteiger partial charge in [-0.25, -0.2) is 5.84 Å². The van der Waals surface area contributed by atoms with Gasteiger partial charge in [0.05, 0.1) is 5.69 Å². The SMILES string of the molecule is NNc1ccc(-c2ccc3ccccc3c2)nn1. The highest BCUT2D eigenvalue weighted by molar-refractivity contribution is 5.86. The first-order valence-corrected chi connectivity index (χ1v) is 5.66. The lowest BCUT2D eigenvalue weighted by Gasteiger charge is -2.03. The lowest BCUT2D eigenvalue weighted by molar-refractivity contribution is 1.03. The standard InChI is InChI=1S/C14H12N4/c15-16-14-8-7-13(17-18-14)12-6-5-10-3-1-2-4-11(10)9-12/h1-9H,15H2,(H,16,18). The van der Waals surface area contributed by atoms with Gasteiger partial charge in [-0.2, -0.15) is 0 Å². The maximum Gasteiger partial charge on any atom is 0.162 e. The average molecular weight is 236 g/mol. The minimum atomic E-state index is 0.555. The van der Waals surface area contributed by atoms with E-state index in [2.05, 4.69) is 39.9 Å². The van der Waals surface area contributed by atoms with Crippen molar-refractivity contribution in [2.24, 2.45) is 5.84 Å². The lowest BCUT2D eigenvalue weighted by atomic mass is 10.1. The number of nitrogens with one attached hydrogen (secondary N) is 1. The number of anilines is 1. The van der Waals surface area contributed by atoms with Crippen LogP contribution in [0.5, 0.6) is 0 Å². The molecule has 0 aliphatic rings. The Morgan fingerprint density at radius 2 is 1.67 bits per heavy atom. The lowest BCUT2D eigenvalue weighted by Crippen LogP contribution is -2.08. The molecule has 1 aromatic heterocycles. The summed E-state index contributed by atoms with van der Waals surface area (Å²) < 4.78 is 0. The first-order chi connectivity index (χ1) is 8.86. The first-order valence-electron chi connectivity index (χ1n) is 5.66. The van der Waals surface area contributed by atoms with Gasteiger partial charge in [0.15, 0.2) is 5.82 Å². The van der Waals surface area contributed by atoms with E-state index in [-0.39, 0.29) is 0 Å². The molecule has 0 radical (unpaired) electrons. The maximum atomic E-state index is 5.26. The van der Waals surface area contributed by atoms with Crippen LogP contribution < -0.4 is 11.3 Å². The minimum Gasteiger partial charge on any atom is -0.307 e. The summed E-state index contributed by atoms with van der Waals surface area (Å²) in [6, 6.07) is 18.2. The highest BCUT2D eigenvalue weighted by Crippen LogP contribution is 2.22. The van der Waals surface area contributed by atoms with Crippen molar-refractivity contribution < 1.29 is 0 Å². The molecule has 3 N–H and O–H groups in total. The summed E-state index contributed by atoms with van der Waals surface area (Å²) in [7, 11) is 0. The van der Waals surface area contributed by atoms with Crippen molar-refractivity contribution in [3.8, 4) is 11.3 Å². The molecule has 18 heavy (non-hydrogen) atoms. The van der Waals surface area contributed by atoms with Gasteiger partial charge in [-0.1, -0.05) is 36.4 Å². The number of benzene rings is 2. The second-order valence-electron chi connectivity index (χ2n) is 4.01. The zero-order valence-electron chi connectivity index (χ0n) is 9.67. The van der Waals surface area contributed by atoms with Crippen LogP contribution in [-0.4, -0.2) is 10.2 Å². The predicted molar refractivity (Wildman–Crippen MR) is 72.8 cm³/mol. The van der Waals surface area contributed by atoms with Crippen LogP contribution in [-0.2, 0) is 0 Å². The highest BCUT2D eigenvalue weighted by atomic mass is 15.3. The molecular formula is C14H12N4. The topological polar surface area (TPSA) is 63.8 Å². The maximum absolute atomic E-state index is 5.26. The van der Waals surface area contributed by atoms with E-state index in [4.69, 9.17) is 5.84 Å². The molecule has 2 aromatic carbocycles. The Hall–Kier alpha value is -2.46. The fourth-order valence-corrected chi connectivity index (χ4v) is 1.91. The van der Waals surface area contributed by atoms with E-state index < -0.39 is 0 Å². The van der Waals surface area contributed by atoms with Crippen molar-refractivity contribution in [3.63, 3.8) is 0 Å². The summed E-state index contributed by atoms with van der Waals surface area (Å²) in [6.45, 7) is 0. The van der Waals surface area contributed by atoms with E-state index in [1.807, 2.05) is 24.3 Å². The monoisotopic (exact) mass is 236 g/mol. The number of rotatable bonds is 2. The number of aromatic nitrogens is 2.